The highest BCUT2D eigenvalue weighted by Crippen LogP contribution is 2.35. The molecule has 17 heavy (non-hydrogen) atoms. The van der Waals surface area contributed by atoms with E-state index < -0.39 is 0 Å². The second-order valence-electron chi connectivity index (χ2n) is 3.65. The number of benzene rings is 2. The minimum atomic E-state index is 0.568. The molecule has 0 radical (unpaired) electrons. The van der Waals surface area contributed by atoms with Gasteiger partial charge in [0.15, 0.2) is 0 Å². The predicted molar refractivity (Wildman–Crippen MR) is 76.2 cm³/mol. The van der Waals surface area contributed by atoms with Crippen LogP contribution in [0.1, 0.15) is 5.56 Å². The van der Waals surface area contributed by atoms with E-state index in [-0.39, 0.29) is 0 Å². The summed E-state index contributed by atoms with van der Waals surface area (Å²) in [6.07, 6.45) is 0. The molecule has 0 saturated carbocycles. The molecule has 2 rings (SSSR count). The van der Waals surface area contributed by atoms with E-state index in [9.17, 15) is 0 Å². The van der Waals surface area contributed by atoms with E-state index in [1.165, 1.54) is 0 Å². The van der Waals surface area contributed by atoms with Crippen LogP contribution >= 0.6 is 35.0 Å². The summed E-state index contributed by atoms with van der Waals surface area (Å²) in [4.78, 5) is 2.18. The van der Waals surface area contributed by atoms with Gasteiger partial charge in [-0.05, 0) is 42.8 Å². The van der Waals surface area contributed by atoms with Crippen LogP contribution in [0.25, 0.3) is 0 Å². The summed E-state index contributed by atoms with van der Waals surface area (Å²) < 4.78 is 0. The molecular weight excluding hydrogens is 273 g/mol. The van der Waals surface area contributed by atoms with E-state index in [0.717, 1.165) is 21.0 Å². The zero-order valence-corrected chi connectivity index (χ0v) is 11.5. The van der Waals surface area contributed by atoms with Crippen LogP contribution < -0.4 is 5.73 Å². The zero-order chi connectivity index (χ0) is 12.4. The Bertz CT molecular complexity index is 555. The summed E-state index contributed by atoms with van der Waals surface area (Å²) in [5.74, 6) is 0. The first kappa shape index (κ1) is 12.6. The molecule has 0 amide bonds. The van der Waals surface area contributed by atoms with Crippen LogP contribution in [0.2, 0.25) is 10.0 Å². The van der Waals surface area contributed by atoms with Gasteiger partial charge in [-0.1, -0.05) is 41.0 Å². The zero-order valence-electron chi connectivity index (χ0n) is 9.21. The molecule has 4 heteroatoms. The molecule has 2 aromatic carbocycles. The average Bonchev–Trinajstić information content (AvgIpc) is 2.30. The average molecular weight is 284 g/mol. The first-order valence-electron chi connectivity index (χ1n) is 5.06. The van der Waals surface area contributed by atoms with Gasteiger partial charge in [0.1, 0.15) is 0 Å². The van der Waals surface area contributed by atoms with Crippen molar-refractivity contribution in [2.75, 3.05) is 5.73 Å². The van der Waals surface area contributed by atoms with Gasteiger partial charge < -0.3 is 5.73 Å². The van der Waals surface area contributed by atoms with E-state index in [4.69, 9.17) is 28.9 Å². The molecule has 0 fully saturated rings. The lowest BCUT2D eigenvalue weighted by Crippen LogP contribution is -1.90. The van der Waals surface area contributed by atoms with Gasteiger partial charge in [-0.15, -0.1) is 0 Å². The van der Waals surface area contributed by atoms with Crippen LogP contribution in [0, 0.1) is 6.92 Å². The number of halogens is 2. The van der Waals surface area contributed by atoms with Crippen molar-refractivity contribution >= 4 is 40.7 Å². The van der Waals surface area contributed by atoms with Crippen molar-refractivity contribution in [3.8, 4) is 0 Å². The van der Waals surface area contributed by atoms with Gasteiger partial charge in [0.05, 0.1) is 10.0 Å². The van der Waals surface area contributed by atoms with E-state index >= 15 is 0 Å². The Hall–Kier alpha value is -0.830. The Morgan fingerprint density at radius 3 is 2.53 bits per heavy atom. The maximum atomic E-state index is 5.98. The molecule has 88 valence electrons. The second-order valence-corrected chi connectivity index (χ2v) is 5.58. The largest absolute Gasteiger partial charge is 0.398 e. The normalized spacial score (nSPS) is 10.5. The standard InChI is InChI=1S/C13H11Cl2NS/c1-8-12(16)3-2-4-13(8)17-9-5-6-10(14)11(15)7-9/h2-7H,16H2,1H3. The molecule has 0 unspecified atom stereocenters. The van der Waals surface area contributed by atoms with E-state index in [1.807, 2.05) is 37.3 Å². The van der Waals surface area contributed by atoms with Crippen molar-refractivity contribution in [3.63, 3.8) is 0 Å². The fourth-order valence-electron chi connectivity index (χ4n) is 1.41. The number of nitrogen functional groups attached to an aromatic ring is 1. The van der Waals surface area contributed by atoms with Crippen molar-refractivity contribution in [3.05, 3.63) is 52.0 Å². The van der Waals surface area contributed by atoms with Gasteiger partial charge in [-0.3, -0.25) is 0 Å². The lowest BCUT2D eigenvalue weighted by molar-refractivity contribution is 1.30. The lowest BCUT2D eigenvalue weighted by atomic mass is 10.2. The van der Waals surface area contributed by atoms with Crippen LogP contribution in [0.3, 0.4) is 0 Å². The highest BCUT2D eigenvalue weighted by atomic mass is 35.5. The van der Waals surface area contributed by atoms with Crippen LogP contribution in [0.5, 0.6) is 0 Å². The van der Waals surface area contributed by atoms with Crippen molar-refractivity contribution in [1.82, 2.24) is 0 Å². The summed E-state index contributed by atoms with van der Waals surface area (Å²) in [5.41, 5.74) is 7.76. The van der Waals surface area contributed by atoms with Crippen LogP contribution in [-0.4, -0.2) is 0 Å². The third kappa shape index (κ3) is 2.89. The Labute approximate surface area is 115 Å². The minimum Gasteiger partial charge on any atom is -0.398 e. The molecule has 0 heterocycles. The molecule has 0 aliphatic rings. The number of rotatable bonds is 2. The number of anilines is 1. The molecule has 0 atom stereocenters. The molecule has 0 bridgehead atoms. The topological polar surface area (TPSA) is 26.0 Å². The van der Waals surface area contributed by atoms with E-state index in [2.05, 4.69) is 0 Å². The first-order chi connectivity index (χ1) is 8.08. The molecule has 2 N–H and O–H groups in total. The molecule has 1 nitrogen and oxygen atoms in total. The fraction of sp³-hybridized carbons (Fsp3) is 0.0769. The van der Waals surface area contributed by atoms with Gasteiger partial charge in [-0.2, -0.15) is 0 Å². The number of hydrogen-bond donors (Lipinski definition) is 1. The lowest BCUT2D eigenvalue weighted by Gasteiger charge is -2.08. The molecule has 2 aromatic rings. The summed E-state index contributed by atoms with van der Waals surface area (Å²) >= 11 is 13.5. The first-order valence-corrected chi connectivity index (χ1v) is 6.63. The molecular formula is C13H11Cl2NS. The van der Waals surface area contributed by atoms with Gasteiger partial charge in [0, 0.05) is 15.5 Å². The van der Waals surface area contributed by atoms with Crippen LogP contribution in [0.4, 0.5) is 5.69 Å². The third-order valence-electron chi connectivity index (χ3n) is 2.44. The van der Waals surface area contributed by atoms with Crippen LogP contribution in [0.15, 0.2) is 46.2 Å². The smallest absolute Gasteiger partial charge is 0.0603 e. The van der Waals surface area contributed by atoms with Gasteiger partial charge in [0.2, 0.25) is 0 Å². The van der Waals surface area contributed by atoms with Crippen molar-refractivity contribution < 1.29 is 0 Å². The summed E-state index contributed by atoms with van der Waals surface area (Å²) in [6.45, 7) is 2.01. The Morgan fingerprint density at radius 2 is 1.82 bits per heavy atom. The van der Waals surface area contributed by atoms with Crippen molar-refractivity contribution in [2.24, 2.45) is 0 Å². The van der Waals surface area contributed by atoms with Crippen LogP contribution in [-0.2, 0) is 0 Å². The van der Waals surface area contributed by atoms with Crippen molar-refractivity contribution in [2.45, 2.75) is 16.7 Å². The Kier molecular flexibility index (Phi) is 3.87. The molecule has 0 aliphatic carbocycles. The summed E-state index contributed by atoms with van der Waals surface area (Å²) in [7, 11) is 0. The number of nitrogens with two attached hydrogens (primary N) is 1. The SMILES string of the molecule is Cc1c(N)cccc1Sc1ccc(Cl)c(Cl)c1. The maximum Gasteiger partial charge on any atom is 0.0603 e. The second kappa shape index (κ2) is 5.21. The Balaban J connectivity index is 2.31. The summed E-state index contributed by atoms with van der Waals surface area (Å²) in [5, 5.41) is 1.14. The highest BCUT2D eigenvalue weighted by Gasteiger charge is 2.05. The fourth-order valence-corrected chi connectivity index (χ4v) is 2.76. The molecule has 0 aromatic heterocycles. The highest BCUT2D eigenvalue weighted by molar-refractivity contribution is 7.99. The summed E-state index contributed by atoms with van der Waals surface area (Å²) in [6, 6.07) is 11.5. The quantitative estimate of drug-likeness (QED) is 0.782. The van der Waals surface area contributed by atoms with Gasteiger partial charge in [-0.25, -0.2) is 0 Å². The van der Waals surface area contributed by atoms with Gasteiger partial charge in [0.25, 0.3) is 0 Å². The third-order valence-corrected chi connectivity index (χ3v) is 4.34. The molecule has 0 saturated heterocycles. The molecule has 0 aliphatic heterocycles. The minimum absolute atomic E-state index is 0.568. The van der Waals surface area contributed by atoms with Crippen molar-refractivity contribution in [1.29, 1.82) is 0 Å². The monoisotopic (exact) mass is 283 g/mol. The number of hydrogen-bond acceptors (Lipinski definition) is 2. The van der Waals surface area contributed by atoms with E-state index in [1.54, 1.807) is 17.8 Å². The predicted octanol–water partition coefficient (Wildman–Crippen LogP) is 5.04. The van der Waals surface area contributed by atoms with Gasteiger partial charge >= 0.3 is 0 Å². The maximum absolute atomic E-state index is 5.98. The Morgan fingerprint density at radius 1 is 1.06 bits per heavy atom. The molecule has 0 spiro atoms. The van der Waals surface area contributed by atoms with E-state index in [0.29, 0.717) is 10.0 Å².